The Labute approximate surface area is 197 Å². The maximum atomic E-state index is 13.1. The summed E-state index contributed by atoms with van der Waals surface area (Å²) in [5, 5.41) is 17.8. The highest BCUT2D eigenvalue weighted by Gasteiger charge is 2.33. The predicted molar refractivity (Wildman–Crippen MR) is 134 cm³/mol. The summed E-state index contributed by atoms with van der Waals surface area (Å²) < 4.78 is 0. The number of hydrogen-bond donors (Lipinski definition) is 4. The molecule has 1 aromatic carbocycles. The number of aryl methyl sites for hydroxylation is 2. The molecule has 2 heterocycles. The fourth-order valence-electron chi connectivity index (χ4n) is 5.32. The molecule has 2 aliphatic rings. The van der Waals surface area contributed by atoms with Gasteiger partial charge in [-0.3, -0.25) is 4.79 Å². The molecular formula is C26H39N5O2. The number of carbonyl (C=O) groups excluding carboxylic acids is 1. The second-order valence-corrected chi connectivity index (χ2v) is 10.0. The molecular weight excluding hydrogens is 414 g/mol. The Balaban J connectivity index is 1.62. The number of carbonyl (C=O) groups is 1. The monoisotopic (exact) mass is 453 g/mol. The minimum Gasteiger partial charge on any atom is -0.396 e. The van der Waals surface area contributed by atoms with Crippen LogP contribution in [0.3, 0.4) is 0 Å². The van der Waals surface area contributed by atoms with Gasteiger partial charge >= 0.3 is 0 Å². The molecule has 1 aliphatic carbocycles. The van der Waals surface area contributed by atoms with E-state index in [0.717, 1.165) is 23.9 Å². The first-order valence-electron chi connectivity index (χ1n) is 12.5. The van der Waals surface area contributed by atoms with Gasteiger partial charge in [0, 0.05) is 43.1 Å². The third-order valence-electron chi connectivity index (χ3n) is 7.34. The quantitative estimate of drug-likeness (QED) is 0.502. The summed E-state index contributed by atoms with van der Waals surface area (Å²) in [5.74, 6) is 0.566. The number of nitrogens with one attached hydrogen (secondary N) is 2. The Kier molecular flexibility index (Phi) is 7.51. The van der Waals surface area contributed by atoms with Crippen molar-refractivity contribution in [3.8, 4) is 0 Å². The Morgan fingerprint density at radius 2 is 1.91 bits per heavy atom. The lowest BCUT2D eigenvalue weighted by atomic mass is 9.89. The van der Waals surface area contributed by atoms with E-state index in [2.05, 4.69) is 41.5 Å². The van der Waals surface area contributed by atoms with Crippen LogP contribution in [0.15, 0.2) is 18.2 Å². The average molecular weight is 454 g/mol. The van der Waals surface area contributed by atoms with Gasteiger partial charge in [0.1, 0.15) is 5.82 Å². The maximum Gasteiger partial charge on any atom is 0.256 e. The van der Waals surface area contributed by atoms with E-state index < -0.39 is 6.17 Å². The molecule has 3 atom stereocenters. The second-order valence-electron chi connectivity index (χ2n) is 10.0. The molecule has 7 nitrogen and oxygen atoms in total. The Hall–Kier alpha value is -2.22. The minimum atomic E-state index is -0.448. The lowest BCUT2D eigenvalue weighted by Gasteiger charge is -2.41. The number of aromatic nitrogens is 1. The van der Waals surface area contributed by atoms with E-state index in [4.69, 9.17) is 10.7 Å². The van der Waals surface area contributed by atoms with Crippen molar-refractivity contribution in [1.82, 2.24) is 15.6 Å². The van der Waals surface area contributed by atoms with Crippen LogP contribution in [0.1, 0.15) is 66.9 Å². The predicted octanol–water partition coefficient (Wildman–Crippen LogP) is 3.00. The summed E-state index contributed by atoms with van der Waals surface area (Å²) >= 11 is 0. The number of nitrogens with two attached hydrogens (primary N) is 1. The molecule has 1 saturated heterocycles. The second kappa shape index (κ2) is 10.4. The van der Waals surface area contributed by atoms with E-state index in [1.165, 1.54) is 43.2 Å². The standard InChI is InChI=1S/C26H39N5O2/c1-16-11-19-13-22(26(33)28-18(3)27)25(30-24(19)12-17(16)2)31-10-9-23(20(14-31)15-32)29-21-7-5-4-6-8-21/h11-13,18,20-21,23,29,32H,4-10,14-15,27H2,1-3H3,(H,28,33). The van der Waals surface area contributed by atoms with Gasteiger partial charge in [-0.25, -0.2) is 4.98 Å². The van der Waals surface area contributed by atoms with E-state index in [-0.39, 0.29) is 18.4 Å². The molecule has 1 amide bonds. The lowest BCUT2D eigenvalue weighted by molar-refractivity contribution is 0.0941. The van der Waals surface area contributed by atoms with Crippen molar-refractivity contribution in [3.63, 3.8) is 0 Å². The third-order valence-corrected chi connectivity index (χ3v) is 7.34. The normalized spacial score (nSPS) is 23.0. The molecule has 0 bridgehead atoms. The van der Waals surface area contributed by atoms with Gasteiger partial charge in [0.2, 0.25) is 0 Å². The van der Waals surface area contributed by atoms with Gasteiger partial charge in [-0.05, 0) is 69.4 Å². The van der Waals surface area contributed by atoms with E-state index >= 15 is 0 Å². The molecule has 2 aromatic rings. The Morgan fingerprint density at radius 3 is 2.61 bits per heavy atom. The van der Waals surface area contributed by atoms with Crippen LogP contribution in [0.2, 0.25) is 0 Å². The first-order valence-corrected chi connectivity index (χ1v) is 12.5. The molecule has 4 rings (SSSR count). The third kappa shape index (κ3) is 5.48. The smallest absolute Gasteiger partial charge is 0.256 e. The van der Waals surface area contributed by atoms with E-state index in [0.29, 0.717) is 30.0 Å². The van der Waals surface area contributed by atoms with Crippen molar-refractivity contribution in [2.45, 2.75) is 77.5 Å². The summed E-state index contributed by atoms with van der Waals surface area (Å²) in [6.45, 7) is 7.49. The molecule has 1 saturated carbocycles. The van der Waals surface area contributed by atoms with Crippen molar-refractivity contribution in [1.29, 1.82) is 0 Å². The summed E-state index contributed by atoms with van der Waals surface area (Å²) in [7, 11) is 0. The zero-order valence-electron chi connectivity index (χ0n) is 20.2. The van der Waals surface area contributed by atoms with Crippen LogP contribution >= 0.6 is 0 Å². The van der Waals surface area contributed by atoms with Gasteiger partial charge in [-0.15, -0.1) is 0 Å². The van der Waals surface area contributed by atoms with Gasteiger partial charge in [0.15, 0.2) is 0 Å². The van der Waals surface area contributed by atoms with E-state index in [1.54, 1.807) is 6.92 Å². The molecule has 2 fully saturated rings. The number of amides is 1. The fourth-order valence-corrected chi connectivity index (χ4v) is 5.32. The largest absolute Gasteiger partial charge is 0.396 e. The number of hydrogen-bond acceptors (Lipinski definition) is 6. The van der Waals surface area contributed by atoms with Crippen LogP contribution in [-0.4, -0.2) is 53.9 Å². The van der Waals surface area contributed by atoms with Gasteiger partial charge in [-0.1, -0.05) is 19.3 Å². The SMILES string of the molecule is Cc1cc2cc(C(=O)NC(C)N)c(N3CCC(NC4CCCCC4)C(CO)C3)nc2cc1C. The number of piperidine rings is 1. The molecule has 0 radical (unpaired) electrons. The zero-order valence-corrected chi connectivity index (χ0v) is 20.2. The highest BCUT2D eigenvalue weighted by Crippen LogP contribution is 2.30. The molecule has 7 heteroatoms. The summed E-state index contributed by atoms with van der Waals surface area (Å²) in [6.07, 6.45) is 6.84. The van der Waals surface area contributed by atoms with Crippen LogP contribution in [0.5, 0.6) is 0 Å². The molecule has 0 spiro atoms. The van der Waals surface area contributed by atoms with Crippen LogP contribution in [0, 0.1) is 19.8 Å². The number of nitrogens with zero attached hydrogens (tertiary/aromatic N) is 2. The first kappa shape index (κ1) is 23.9. The van der Waals surface area contributed by atoms with Crippen molar-refractivity contribution < 1.29 is 9.90 Å². The number of rotatable bonds is 6. The highest BCUT2D eigenvalue weighted by atomic mass is 16.3. The van der Waals surface area contributed by atoms with Gasteiger partial charge < -0.3 is 26.4 Å². The van der Waals surface area contributed by atoms with Crippen molar-refractivity contribution in [2.24, 2.45) is 11.7 Å². The van der Waals surface area contributed by atoms with Crippen molar-refractivity contribution >= 4 is 22.6 Å². The minimum absolute atomic E-state index is 0.0993. The molecule has 1 aliphatic heterocycles. The molecule has 3 unspecified atom stereocenters. The average Bonchev–Trinajstić information content (AvgIpc) is 2.79. The Bertz CT molecular complexity index is 986. The van der Waals surface area contributed by atoms with Crippen molar-refractivity contribution in [2.75, 3.05) is 24.6 Å². The number of pyridine rings is 1. The number of benzene rings is 1. The van der Waals surface area contributed by atoms with Gasteiger partial charge in [0.05, 0.1) is 17.2 Å². The maximum absolute atomic E-state index is 13.1. The number of fused-ring (bicyclic) bond motifs is 1. The molecule has 33 heavy (non-hydrogen) atoms. The van der Waals surface area contributed by atoms with Gasteiger partial charge in [0.25, 0.3) is 5.91 Å². The molecule has 180 valence electrons. The van der Waals surface area contributed by atoms with E-state index in [9.17, 15) is 9.90 Å². The highest BCUT2D eigenvalue weighted by molar-refractivity contribution is 6.02. The van der Waals surface area contributed by atoms with Crippen LogP contribution < -0.4 is 21.3 Å². The number of aliphatic hydroxyl groups excluding tert-OH is 1. The topological polar surface area (TPSA) is 104 Å². The summed E-state index contributed by atoms with van der Waals surface area (Å²) in [4.78, 5) is 20.2. The van der Waals surface area contributed by atoms with Crippen LogP contribution in [0.25, 0.3) is 10.9 Å². The summed E-state index contributed by atoms with van der Waals surface area (Å²) in [6, 6.07) is 6.95. The number of aliphatic hydroxyl groups is 1. The van der Waals surface area contributed by atoms with Crippen molar-refractivity contribution in [3.05, 3.63) is 34.9 Å². The van der Waals surface area contributed by atoms with Crippen LogP contribution in [0.4, 0.5) is 5.82 Å². The Morgan fingerprint density at radius 1 is 1.18 bits per heavy atom. The van der Waals surface area contributed by atoms with Crippen LogP contribution in [-0.2, 0) is 0 Å². The lowest BCUT2D eigenvalue weighted by Crippen LogP contribution is -2.54. The molecule has 1 aromatic heterocycles. The molecule has 5 N–H and O–H groups in total. The zero-order chi connectivity index (χ0) is 23.5. The van der Waals surface area contributed by atoms with Gasteiger partial charge in [-0.2, -0.15) is 0 Å². The fraction of sp³-hybridized carbons (Fsp3) is 0.615. The first-order chi connectivity index (χ1) is 15.9. The van der Waals surface area contributed by atoms with E-state index in [1.807, 2.05) is 6.07 Å². The summed E-state index contributed by atoms with van der Waals surface area (Å²) in [5.41, 5.74) is 9.63. The number of anilines is 1.